The molecule has 0 amide bonds. The molecule has 15 heavy (non-hydrogen) atoms. The molecule has 1 aliphatic carbocycles. The Morgan fingerprint density at radius 2 is 2.27 bits per heavy atom. The number of carbonyl (C=O) groups excluding carboxylic acids is 1. The van der Waals surface area contributed by atoms with E-state index in [1.807, 2.05) is 6.08 Å². The van der Waals surface area contributed by atoms with Crippen molar-refractivity contribution in [3.8, 4) is 0 Å². The zero-order valence-corrected chi connectivity index (χ0v) is 9.84. The lowest BCUT2D eigenvalue weighted by Crippen LogP contribution is -2.31. The van der Waals surface area contributed by atoms with Crippen LogP contribution in [0.2, 0.25) is 0 Å². The zero-order valence-electron chi connectivity index (χ0n) is 9.02. The lowest BCUT2D eigenvalue weighted by atomic mass is 10.1. The van der Waals surface area contributed by atoms with Gasteiger partial charge in [0.25, 0.3) is 0 Å². The first-order valence-electron chi connectivity index (χ1n) is 4.89. The van der Waals surface area contributed by atoms with Gasteiger partial charge in [-0.2, -0.15) is 0 Å². The maximum Gasteiger partial charge on any atom is 0.324 e. The first kappa shape index (κ1) is 12.2. The van der Waals surface area contributed by atoms with Crippen LogP contribution < -0.4 is 0 Å². The van der Waals surface area contributed by atoms with E-state index in [0.29, 0.717) is 0 Å². The fourth-order valence-corrected chi connectivity index (χ4v) is 2.66. The fourth-order valence-electron chi connectivity index (χ4n) is 1.70. The van der Waals surface area contributed by atoms with Gasteiger partial charge >= 0.3 is 5.97 Å². The van der Waals surface area contributed by atoms with Crippen molar-refractivity contribution in [3.05, 3.63) is 11.6 Å². The third kappa shape index (κ3) is 3.34. The molecule has 1 aliphatic rings. The number of hydrogen-bond acceptors (Lipinski definition) is 4. The van der Waals surface area contributed by atoms with Crippen LogP contribution in [0.1, 0.15) is 25.7 Å². The summed E-state index contributed by atoms with van der Waals surface area (Å²) in [4.78, 5) is 11.3. The van der Waals surface area contributed by atoms with Gasteiger partial charge in [0, 0.05) is 6.26 Å². The van der Waals surface area contributed by atoms with Gasteiger partial charge in [0.15, 0.2) is 15.1 Å². The van der Waals surface area contributed by atoms with E-state index >= 15 is 0 Å². The van der Waals surface area contributed by atoms with E-state index in [4.69, 9.17) is 0 Å². The molecule has 0 N–H and O–H groups in total. The molecule has 0 heterocycles. The number of sulfone groups is 1. The van der Waals surface area contributed by atoms with E-state index in [1.54, 1.807) is 0 Å². The third-order valence-corrected chi connectivity index (χ3v) is 3.96. The summed E-state index contributed by atoms with van der Waals surface area (Å²) < 4.78 is 27.3. The van der Waals surface area contributed by atoms with Gasteiger partial charge in [0.05, 0.1) is 7.11 Å². The van der Waals surface area contributed by atoms with E-state index in [2.05, 4.69) is 4.74 Å². The maximum absolute atomic E-state index is 11.4. The topological polar surface area (TPSA) is 60.4 Å². The van der Waals surface area contributed by atoms with Crippen LogP contribution in [0.15, 0.2) is 11.6 Å². The minimum Gasteiger partial charge on any atom is -0.468 e. The van der Waals surface area contributed by atoms with Crippen LogP contribution >= 0.6 is 0 Å². The first-order valence-corrected chi connectivity index (χ1v) is 6.85. The van der Waals surface area contributed by atoms with Crippen molar-refractivity contribution < 1.29 is 17.9 Å². The van der Waals surface area contributed by atoms with E-state index in [1.165, 1.54) is 7.11 Å². The van der Waals surface area contributed by atoms with Crippen LogP contribution in [0.25, 0.3) is 0 Å². The zero-order chi connectivity index (χ0) is 11.5. The minimum absolute atomic E-state index is 0.283. The van der Waals surface area contributed by atoms with Crippen LogP contribution in [0, 0.1) is 0 Å². The predicted molar refractivity (Wildman–Crippen MR) is 57.2 cm³/mol. The van der Waals surface area contributed by atoms with Crippen molar-refractivity contribution in [2.45, 2.75) is 30.9 Å². The van der Waals surface area contributed by atoms with E-state index in [0.717, 1.165) is 31.1 Å². The number of rotatable bonds is 4. The highest BCUT2D eigenvalue weighted by Crippen LogP contribution is 2.24. The molecule has 4 nitrogen and oxygen atoms in total. The summed E-state index contributed by atoms with van der Waals surface area (Å²) in [6.45, 7) is 0. The molecule has 0 spiro atoms. The quantitative estimate of drug-likeness (QED) is 0.537. The molecule has 5 heteroatoms. The molecule has 1 unspecified atom stereocenters. The monoisotopic (exact) mass is 232 g/mol. The second-order valence-electron chi connectivity index (χ2n) is 3.80. The minimum atomic E-state index is -3.38. The Hall–Kier alpha value is -0.840. The van der Waals surface area contributed by atoms with Gasteiger partial charge in [-0.05, 0) is 25.7 Å². The molecular formula is C10H16O4S. The van der Waals surface area contributed by atoms with Crippen LogP contribution in [0.3, 0.4) is 0 Å². The Bertz CT molecular complexity index is 367. The molecule has 0 saturated heterocycles. The van der Waals surface area contributed by atoms with E-state index in [-0.39, 0.29) is 6.42 Å². The normalized spacial score (nSPS) is 18.4. The summed E-state index contributed by atoms with van der Waals surface area (Å²) in [5.41, 5.74) is 1.05. The van der Waals surface area contributed by atoms with Gasteiger partial charge in [0.2, 0.25) is 0 Å². The van der Waals surface area contributed by atoms with Gasteiger partial charge in [-0.15, -0.1) is 0 Å². The highest BCUT2D eigenvalue weighted by molar-refractivity contribution is 7.92. The molecular weight excluding hydrogens is 216 g/mol. The molecule has 0 aromatic carbocycles. The second kappa shape index (κ2) is 4.79. The maximum atomic E-state index is 11.4. The van der Waals surface area contributed by atoms with E-state index < -0.39 is 21.1 Å². The molecule has 1 rings (SSSR count). The summed E-state index contributed by atoms with van der Waals surface area (Å²) in [6, 6.07) is 0. The number of esters is 1. The number of methoxy groups -OCH3 is 1. The second-order valence-corrected chi connectivity index (χ2v) is 6.03. The molecule has 0 bridgehead atoms. The van der Waals surface area contributed by atoms with E-state index in [9.17, 15) is 13.2 Å². The van der Waals surface area contributed by atoms with Crippen LogP contribution in [-0.2, 0) is 19.4 Å². The SMILES string of the molecule is COC(=O)C(CC1=CCCC1)S(C)(=O)=O. The highest BCUT2D eigenvalue weighted by Gasteiger charge is 2.30. The number of carbonyl (C=O) groups is 1. The number of hydrogen-bond donors (Lipinski definition) is 0. The Morgan fingerprint density at radius 3 is 2.67 bits per heavy atom. The summed E-state index contributed by atoms with van der Waals surface area (Å²) in [7, 11) is -2.17. The smallest absolute Gasteiger partial charge is 0.324 e. The van der Waals surface area contributed by atoms with Crippen LogP contribution in [-0.4, -0.2) is 33.0 Å². The number of allylic oxidation sites excluding steroid dienone is 2. The average molecular weight is 232 g/mol. The largest absolute Gasteiger partial charge is 0.468 e. The van der Waals surface area contributed by atoms with Gasteiger partial charge in [-0.25, -0.2) is 8.42 Å². The molecule has 0 saturated carbocycles. The van der Waals surface area contributed by atoms with Crippen molar-refractivity contribution in [2.24, 2.45) is 0 Å². The summed E-state index contributed by atoms with van der Waals surface area (Å²) >= 11 is 0. The van der Waals surface area contributed by atoms with Crippen molar-refractivity contribution >= 4 is 15.8 Å². The van der Waals surface area contributed by atoms with Gasteiger partial charge in [0.1, 0.15) is 0 Å². The Kier molecular flexibility index (Phi) is 3.90. The molecule has 1 atom stereocenters. The molecule has 0 aromatic rings. The molecule has 0 aromatic heterocycles. The van der Waals surface area contributed by atoms with Crippen molar-refractivity contribution in [3.63, 3.8) is 0 Å². The molecule has 0 fully saturated rings. The molecule has 86 valence electrons. The van der Waals surface area contributed by atoms with Crippen LogP contribution in [0.4, 0.5) is 0 Å². The fraction of sp³-hybridized carbons (Fsp3) is 0.700. The summed E-state index contributed by atoms with van der Waals surface area (Å²) in [6.07, 6.45) is 6.29. The molecule has 0 aliphatic heterocycles. The van der Waals surface area contributed by atoms with Crippen molar-refractivity contribution in [1.82, 2.24) is 0 Å². The van der Waals surface area contributed by atoms with Gasteiger partial charge in [-0.1, -0.05) is 11.6 Å². The summed E-state index contributed by atoms with van der Waals surface area (Å²) in [5, 5.41) is -1.04. The van der Waals surface area contributed by atoms with Crippen molar-refractivity contribution in [1.29, 1.82) is 0 Å². The van der Waals surface area contributed by atoms with Crippen LogP contribution in [0.5, 0.6) is 0 Å². The van der Waals surface area contributed by atoms with Gasteiger partial charge in [-0.3, -0.25) is 4.79 Å². The first-order chi connectivity index (χ1) is 6.95. The average Bonchev–Trinajstić information content (AvgIpc) is 2.63. The Morgan fingerprint density at radius 1 is 1.60 bits per heavy atom. The standard InChI is InChI=1S/C10H16O4S/c1-14-10(11)9(15(2,12)13)7-8-5-3-4-6-8/h5,9H,3-4,6-7H2,1-2H3. The lowest BCUT2D eigenvalue weighted by Gasteiger charge is -2.13. The van der Waals surface area contributed by atoms with Crippen molar-refractivity contribution in [2.75, 3.05) is 13.4 Å². The Balaban J connectivity index is 2.78. The summed E-state index contributed by atoms with van der Waals surface area (Å²) in [5.74, 6) is -0.662. The third-order valence-electron chi connectivity index (χ3n) is 2.56. The lowest BCUT2D eigenvalue weighted by molar-refractivity contribution is -0.140. The van der Waals surface area contributed by atoms with Gasteiger partial charge < -0.3 is 4.74 Å². The highest BCUT2D eigenvalue weighted by atomic mass is 32.2. The number of ether oxygens (including phenoxy) is 1. The predicted octanol–water partition coefficient (Wildman–Crippen LogP) is 1.07. The molecule has 0 radical (unpaired) electrons. The Labute approximate surface area is 90.2 Å².